The normalized spacial score (nSPS) is 33.5. The maximum absolute atomic E-state index is 5.97. The van der Waals surface area contributed by atoms with Gasteiger partial charge in [0.2, 0.25) is 0 Å². The van der Waals surface area contributed by atoms with Crippen molar-refractivity contribution in [2.75, 3.05) is 18.1 Å². The van der Waals surface area contributed by atoms with Crippen molar-refractivity contribution in [3.63, 3.8) is 0 Å². The molecule has 2 heteroatoms. The van der Waals surface area contributed by atoms with E-state index in [-0.39, 0.29) is 0 Å². The van der Waals surface area contributed by atoms with Crippen LogP contribution in [0.1, 0.15) is 52.4 Å². The molecule has 0 N–H and O–H groups in total. The summed E-state index contributed by atoms with van der Waals surface area (Å²) in [5, 5.41) is 0. The van der Waals surface area contributed by atoms with Gasteiger partial charge in [-0.05, 0) is 61.4 Å². The zero-order chi connectivity index (χ0) is 12.1. The molecular formula is C15H28OS. The van der Waals surface area contributed by atoms with Gasteiger partial charge in [-0.2, -0.15) is 11.8 Å². The lowest BCUT2D eigenvalue weighted by molar-refractivity contribution is -0.0255. The molecule has 2 fully saturated rings. The Balaban J connectivity index is 1.74. The Morgan fingerprint density at radius 3 is 2.71 bits per heavy atom. The van der Waals surface area contributed by atoms with E-state index in [1.165, 1.54) is 50.0 Å². The minimum atomic E-state index is 0.568. The van der Waals surface area contributed by atoms with Crippen LogP contribution in [0.2, 0.25) is 0 Å². The molecule has 3 atom stereocenters. The van der Waals surface area contributed by atoms with E-state index < -0.39 is 0 Å². The molecule has 2 aliphatic rings. The van der Waals surface area contributed by atoms with E-state index in [0.29, 0.717) is 6.10 Å². The zero-order valence-corrected chi connectivity index (χ0v) is 12.3. The van der Waals surface area contributed by atoms with Crippen LogP contribution in [0.4, 0.5) is 0 Å². The Hall–Kier alpha value is 0.310. The highest BCUT2D eigenvalue weighted by molar-refractivity contribution is 7.99. The molecule has 0 amide bonds. The minimum Gasteiger partial charge on any atom is -0.378 e. The van der Waals surface area contributed by atoms with Crippen molar-refractivity contribution < 1.29 is 4.74 Å². The smallest absolute Gasteiger partial charge is 0.0580 e. The molecule has 0 aromatic carbocycles. The molecule has 3 unspecified atom stereocenters. The van der Waals surface area contributed by atoms with Gasteiger partial charge in [0.15, 0.2) is 0 Å². The van der Waals surface area contributed by atoms with E-state index in [4.69, 9.17) is 4.74 Å². The maximum Gasteiger partial charge on any atom is 0.0580 e. The number of thioether (sulfide) groups is 1. The van der Waals surface area contributed by atoms with Gasteiger partial charge in [-0.25, -0.2) is 0 Å². The maximum atomic E-state index is 5.97. The Labute approximate surface area is 111 Å². The fourth-order valence-corrected chi connectivity index (χ4v) is 4.53. The predicted octanol–water partition coefficient (Wildman–Crippen LogP) is 4.36. The van der Waals surface area contributed by atoms with Crippen molar-refractivity contribution >= 4 is 11.8 Å². The molecule has 0 aliphatic carbocycles. The van der Waals surface area contributed by atoms with Crippen molar-refractivity contribution in [2.45, 2.75) is 58.5 Å². The fraction of sp³-hybridized carbons (Fsp3) is 1.00. The Bertz CT molecular complexity index is 213. The molecule has 100 valence electrons. The third-order valence-corrected chi connectivity index (χ3v) is 5.81. The first-order valence-corrected chi connectivity index (χ1v) is 8.64. The number of ether oxygens (including phenoxy) is 1. The zero-order valence-electron chi connectivity index (χ0n) is 11.5. The summed E-state index contributed by atoms with van der Waals surface area (Å²) in [6.45, 7) is 5.80. The monoisotopic (exact) mass is 256 g/mol. The Morgan fingerprint density at radius 1 is 1.24 bits per heavy atom. The van der Waals surface area contributed by atoms with Crippen LogP contribution in [0.25, 0.3) is 0 Å². The molecule has 2 saturated heterocycles. The molecule has 1 nitrogen and oxygen atoms in total. The molecule has 2 aliphatic heterocycles. The lowest BCUT2D eigenvalue weighted by Gasteiger charge is -2.34. The molecule has 17 heavy (non-hydrogen) atoms. The van der Waals surface area contributed by atoms with Crippen LogP contribution >= 0.6 is 11.8 Å². The van der Waals surface area contributed by atoms with Crippen LogP contribution in [-0.2, 0) is 4.74 Å². The molecule has 0 spiro atoms. The lowest BCUT2D eigenvalue weighted by atomic mass is 9.82. The van der Waals surface area contributed by atoms with Gasteiger partial charge in [-0.1, -0.05) is 20.3 Å². The molecule has 2 rings (SSSR count). The second-order valence-electron chi connectivity index (χ2n) is 5.95. The van der Waals surface area contributed by atoms with Crippen molar-refractivity contribution in [3.8, 4) is 0 Å². The van der Waals surface area contributed by atoms with Gasteiger partial charge < -0.3 is 4.74 Å². The topological polar surface area (TPSA) is 9.23 Å². The first kappa shape index (κ1) is 13.7. The second-order valence-corrected chi connectivity index (χ2v) is 7.18. The van der Waals surface area contributed by atoms with E-state index in [0.717, 1.165) is 24.4 Å². The van der Waals surface area contributed by atoms with Crippen LogP contribution in [-0.4, -0.2) is 24.2 Å². The van der Waals surface area contributed by atoms with E-state index in [1.807, 2.05) is 0 Å². The summed E-state index contributed by atoms with van der Waals surface area (Å²) < 4.78 is 5.97. The molecule has 0 saturated carbocycles. The highest BCUT2D eigenvalue weighted by Gasteiger charge is 2.27. The van der Waals surface area contributed by atoms with E-state index in [2.05, 4.69) is 25.6 Å². The summed E-state index contributed by atoms with van der Waals surface area (Å²) in [5.74, 6) is 5.55. The first-order chi connectivity index (χ1) is 8.29. The summed E-state index contributed by atoms with van der Waals surface area (Å²) in [5.41, 5.74) is 0. The van der Waals surface area contributed by atoms with Gasteiger partial charge in [0.05, 0.1) is 6.10 Å². The van der Waals surface area contributed by atoms with E-state index in [9.17, 15) is 0 Å². The number of hydrogen-bond acceptors (Lipinski definition) is 2. The number of hydrogen-bond donors (Lipinski definition) is 0. The summed E-state index contributed by atoms with van der Waals surface area (Å²) in [6, 6.07) is 0. The Kier molecular flexibility index (Phi) is 5.68. The second kappa shape index (κ2) is 7.04. The standard InChI is InChI=1S/C15H28OS/c1-3-13-4-7-16-15(11-13)10-12(2)14-5-8-17-9-6-14/h12-15H,3-11H2,1-2H3. The molecule has 0 radical (unpaired) electrons. The van der Waals surface area contributed by atoms with Gasteiger partial charge in [0.1, 0.15) is 0 Å². The van der Waals surface area contributed by atoms with Crippen molar-refractivity contribution in [1.82, 2.24) is 0 Å². The van der Waals surface area contributed by atoms with Gasteiger partial charge in [0.25, 0.3) is 0 Å². The average molecular weight is 256 g/mol. The molecular weight excluding hydrogens is 228 g/mol. The van der Waals surface area contributed by atoms with Gasteiger partial charge in [-0.15, -0.1) is 0 Å². The van der Waals surface area contributed by atoms with Crippen LogP contribution < -0.4 is 0 Å². The van der Waals surface area contributed by atoms with E-state index >= 15 is 0 Å². The third kappa shape index (κ3) is 4.17. The highest BCUT2D eigenvalue weighted by atomic mass is 32.2. The van der Waals surface area contributed by atoms with Crippen LogP contribution in [0.15, 0.2) is 0 Å². The van der Waals surface area contributed by atoms with Gasteiger partial charge in [-0.3, -0.25) is 0 Å². The van der Waals surface area contributed by atoms with Gasteiger partial charge in [0, 0.05) is 6.61 Å². The molecule has 0 aromatic heterocycles. The quantitative estimate of drug-likeness (QED) is 0.739. The number of rotatable bonds is 4. The summed E-state index contributed by atoms with van der Waals surface area (Å²) in [6.07, 6.45) is 8.72. The largest absolute Gasteiger partial charge is 0.378 e. The van der Waals surface area contributed by atoms with Crippen LogP contribution in [0.5, 0.6) is 0 Å². The highest BCUT2D eigenvalue weighted by Crippen LogP contribution is 2.34. The predicted molar refractivity (Wildman–Crippen MR) is 76.6 cm³/mol. The molecule has 0 aromatic rings. The Morgan fingerprint density at radius 2 is 2.00 bits per heavy atom. The SMILES string of the molecule is CCC1CCOC(CC(C)C2CCSCC2)C1. The van der Waals surface area contributed by atoms with Crippen LogP contribution in [0, 0.1) is 17.8 Å². The van der Waals surface area contributed by atoms with Crippen molar-refractivity contribution in [1.29, 1.82) is 0 Å². The summed E-state index contributed by atoms with van der Waals surface area (Å²) in [4.78, 5) is 0. The average Bonchev–Trinajstić information content (AvgIpc) is 2.40. The van der Waals surface area contributed by atoms with Crippen molar-refractivity contribution in [2.24, 2.45) is 17.8 Å². The van der Waals surface area contributed by atoms with Gasteiger partial charge >= 0.3 is 0 Å². The summed E-state index contributed by atoms with van der Waals surface area (Å²) >= 11 is 2.13. The molecule has 0 bridgehead atoms. The van der Waals surface area contributed by atoms with Crippen LogP contribution in [0.3, 0.4) is 0 Å². The third-order valence-electron chi connectivity index (χ3n) is 4.76. The fourth-order valence-electron chi connectivity index (χ4n) is 3.39. The summed E-state index contributed by atoms with van der Waals surface area (Å²) in [7, 11) is 0. The van der Waals surface area contributed by atoms with Crippen molar-refractivity contribution in [3.05, 3.63) is 0 Å². The molecule has 2 heterocycles. The first-order valence-electron chi connectivity index (χ1n) is 7.49. The minimum absolute atomic E-state index is 0.568. The van der Waals surface area contributed by atoms with E-state index in [1.54, 1.807) is 0 Å². The lowest BCUT2D eigenvalue weighted by Crippen LogP contribution is -2.29.